The maximum atomic E-state index is 10.3. The highest BCUT2D eigenvalue weighted by Gasteiger charge is 2.30. The molecule has 3 aromatic rings. The van der Waals surface area contributed by atoms with Gasteiger partial charge in [0.15, 0.2) is 5.82 Å². The van der Waals surface area contributed by atoms with Crippen molar-refractivity contribution >= 4 is 53.0 Å². The Morgan fingerprint density at radius 3 is 2.62 bits per heavy atom. The molecule has 40 heavy (non-hydrogen) atoms. The average Bonchev–Trinajstić information content (AvgIpc) is 3.37. The predicted octanol–water partition coefficient (Wildman–Crippen LogP) is 3.06. The van der Waals surface area contributed by atoms with Gasteiger partial charge in [-0.25, -0.2) is 4.98 Å². The summed E-state index contributed by atoms with van der Waals surface area (Å²) < 4.78 is 11.1. The first kappa shape index (κ1) is 27.1. The Bertz CT molecular complexity index is 1350. The van der Waals surface area contributed by atoms with Gasteiger partial charge < -0.3 is 34.8 Å². The molecule has 2 aromatic carbocycles. The first-order chi connectivity index (χ1) is 19.5. The van der Waals surface area contributed by atoms with Crippen molar-refractivity contribution in [3.8, 4) is 5.75 Å². The van der Waals surface area contributed by atoms with Crippen LogP contribution in [0.1, 0.15) is 18.4 Å². The van der Waals surface area contributed by atoms with E-state index in [-0.39, 0.29) is 0 Å². The molecule has 0 unspecified atom stereocenters. The van der Waals surface area contributed by atoms with Gasteiger partial charge in [-0.15, -0.1) is 0 Å². The smallest absolute Gasteiger partial charge is 0.493 e. The zero-order valence-electron chi connectivity index (χ0n) is 22.9. The molecule has 1 aromatic heterocycles. The Morgan fingerprint density at radius 2 is 1.85 bits per heavy atom. The normalized spacial score (nSPS) is 18.6. The molecule has 210 valence electrons. The molecule has 3 aliphatic rings. The summed E-state index contributed by atoms with van der Waals surface area (Å²) >= 11 is 6.42. The van der Waals surface area contributed by atoms with Crippen molar-refractivity contribution in [3.05, 3.63) is 53.2 Å². The van der Waals surface area contributed by atoms with Gasteiger partial charge >= 0.3 is 7.12 Å². The van der Waals surface area contributed by atoms with E-state index in [0.717, 1.165) is 43.1 Å². The number of nitrogens with zero attached hydrogens (tertiary/aromatic N) is 5. The van der Waals surface area contributed by atoms with Gasteiger partial charge in [0.1, 0.15) is 10.8 Å². The fourth-order valence-electron chi connectivity index (χ4n) is 5.81. The molecule has 4 heterocycles. The van der Waals surface area contributed by atoms with Gasteiger partial charge in [0.25, 0.3) is 0 Å². The van der Waals surface area contributed by atoms with E-state index in [9.17, 15) is 5.02 Å². The minimum absolute atomic E-state index is 0.360. The number of likely N-dealkylation sites (N-methyl/N-ethyl adjacent to an activating group) is 1. The molecule has 2 fully saturated rings. The van der Waals surface area contributed by atoms with Crippen LogP contribution >= 0.6 is 11.6 Å². The second kappa shape index (κ2) is 11.8. The van der Waals surface area contributed by atoms with Crippen LogP contribution in [0.25, 0.3) is 0 Å². The zero-order chi connectivity index (χ0) is 27.6. The van der Waals surface area contributed by atoms with Crippen LogP contribution in [-0.4, -0.2) is 91.4 Å². The molecular formula is C28H35BClN7O3. The number of hydrogen-bond donors (Lipinski definition) is 3. The predicted molar refractivity (Wildman–Crippen MR) is 160 cm³/mol. The third-order valence-electron chi connectivity index (χ3n) is 8.15. The van der Waals surface area contributed by atoms with Crippen molar-refractivity contribution in [2.75, 3.05) is 69.0 Å². The molecule has 0 atom stereocenters. The Balaban J connectivity index is 1.13. The Labute approximate surface area is 240 Å². The number of methoxy groups -OCH3 is 1. The summed E-state index contributed by atoms with van der Waals surface area (Å²) in [5.41, 5.74) is 4.21. The van der Waals surface area contributed by atoms with Gasteiger partial charge in [0.2, 0.25) is 5.95 Å². The summed E-state index contributed by atoms with van der Waals surface area (Å²) in [6, 6.07) is 12.6. The fourth-order valence-corrected chi connectivity index (χ4v) is 5.95. The van der Waals surface area contributed by atoms with Crippen LogP contribution in [0.5, 0.6) is 5.75 Å². The number of aromatic nitrogens is 2. The van der Waals surface area contributed by atoms with Gasteiger partial charge in [0, 0.05) is 68.2 Å². The first-order valence-corrected chi connectivity index (χ1v) is 14.2. The van der Waals surface area contributed by atoms with E-state index in [1.54, 1.807) is 13.3 Å². The molecule has 0 bridgehead atoms. The van der Waals surface area contributed by atoms with Gasteiger partial charge in [-0.05, 0) is 43.7 Å². The molecule has 0 amide bonds. The van der Waals surface area contributed by atoms with Gasteiger partial charge in [-0.2, -0.15) is 4.98 Å². The molecule has 0 spiro atoms. The van der Waals surface area contributed by atoms with E-state index in [1.807, 2.05) is 24.3 Å². The van der Waals surface area contributed by atoms with E-state index < -0.39 is 7.12 Å². The minimum Gasteiger partial charge on any atom is -0.494 e. The van der Waals surface area contributed by atoms with Crippen molar-refractivity contribution in [1.82, 2.24) is 19.8 Å². The van der Waals surface area contributed by atoms with Gasteiger partial charge in [0.05, 0.1) is 25.6 Å². The number of nitrogens with one attached hydrogen (secondary N) is 2. The molecule has 12 heteroatoms. The van der Waals surface area contributed by atoms with Crippen molar-refractivity contribution in [2.45, 2.75) is 25.5 Å². The number of piperazine rings is 1. The first-order valence-electron chi connectivity index (χ1n) is 13.8. The van der Waals surface area contributed by atoms with Crippen LogP contribution in [0.2, 0.25) is 5.02 Å². The van der Waals surface area contributed by atoms with Crippen LogP contribution in [0.3, 0.4) is 0 Å². The lowest BCUT2D eigenvalue weighted by Gasteiger charge is -2.42. The van der Waals surface area contributed by atoms with Crippen molar-refractivity contribution < 1.29 is 14.4 Å². The number of piperidine rings is 1. The maximum Gasteiger partial charge on any atom is 0.493 e. The van der Waals surface area contributed by atoms with E-state index in [4.69, 9.17) is 21.0 Å². The minimum atomic E-state index is -0.989. The summed E-state index contributed by atoms with van der Waals surface area (Å²) in [5.74, 6) is 1.51. The zero-order valence-corrected chi connectivity index (χ0v) is 23.7. The second-order valence-corrected chi connectivity index (χ2v) is 11.0. The Morgan fingerprint density at radius 1 is 1.05 bits per heavy atom. The number of ether oxygens (including phenoxy) is 1. The van der Waals surface area contributed by atoms with Gasteiger partial charge in [-0.1, -0.05) is 23.7 Å². The third kappa shape index (κ3) is 5.70. The van der Waals surface area contributed by atoms with Crippen molar-refractivity contribution in [1.29, 1.82) is 0 Å². The van der Waals surface area contributed by atoms with E-state index in [1.165, 1.54) is 25.9 Å². The summed E-state index contributed by atoms with van der Waals surface area (Å²) in [6.45, 7) is 7.09. The molecule has 2 saturated heterocycles. The number of fused-ring (bicyclic) bond motifs is 1. The Hall–Kier alpha value is -3.09. The second-order valence-electron chi connectivity index (χ2n) is 10.6. The molecule has 10 nitrogen and oxygen atoms in total. The highest BCUT2D eigenvalue weighted by Crippen LogP contribution is 2.34. The van der Waals surface area contributed by atoms with Crippen LogP contribution in [-0.2, 0) is 11.3 Å². The number of rotatable bonds is 7. The van der Waals surface area contributed by atoms with Gasteiger partial charge in [-0.3, -0.25) is 4.90 Å². The number of hydrogen-bond acceptors (Lipinski definition) is 10. The Kier molecular flexibility index (Phi) is 7.99. The average molecular weight is 564 g/mol. The van der Waals surface area contributed by atoms with E-state index in [2.05, 4.69) is 54.5 Å². The third-order valence-corrected chi connectivity index (χ3v) is 8.43. The molecule has 3 aliphatic heterocycles. The number of benzene rings is 2. The van der Waals surface area contributed by atoms with Crippen molar-refractivity contribution in [3.63, 3.8) is 0 Å². The SMILES string of the molecule is COc1cc(N2CCC(N3CCN(C)CC3)CC2)ccc1Nc1ncc(Cl)c(Nc2cccc3c2B(O)OC3)n1. The highest BCUT2D eigenvalue weighted by atomic mass is 35.5. The highest BCUT2D eigenvalue weighted by molar-refractivity contribution is 6.63. The van der Waals surface area contributed by atoms with Crippen LogP contribution in [0.15, 0.2) is 42.6 Å². The van der Waals surface area contributed by atoms with Crippen molar-refractivity contribution in [2.24, 2.45) is 0 Å². The lowest BCUT2D eigenvalue weighted by atomic mass is 9.78. The summed E-state index contributed by atoms with van der Waals surface area (Å²) in [6.07, 6.45) is 3.89. The lowest BCUT2D eigenvalue weighted by molar-refractivity contribution is 0.0982. The molecule has 3 N–H and O–H groups in total. The summed E-state index contributed by atoms with van der Waals surface area (Å²) in [7, 11) is 2.89. The van der Waals surface area contributed by atoms with Crippen LogP contribution in [0.4, 0.5) is 28.8 Å². The van der Waals surface area contributed by atoms with E-state index >= 15 is 0 Å². The maximum absolute atomic E-state index is 10.3. The standard InChI is InChI=1S/C28H35BClN7O3/c1-35-12-14-37(15-13-35)20-8-10-36(11-9-20)21-6-7-23(25(16-21)39-2)33-28-31-17-22(30)27(34-28)32-24-5-3-4-19-18-40-29(38)26(19)24/h3-7,16-17,20,38H,8-15,18H2,1-2H3,(H2,31,32,33,34). The molecule has 0 saturated carbocycles. The fraction of sp³-hybridized carbons (Fsp3) is 0.429. The van der Waals surface area contributed by atoms with Crippen LogP contribution in [0, 0.1) is 0 Å². The largest absolute Gasteiger partial charge is 0.494 e. The summed E-state index contributed by atoms with van der Waals surface area (Å²) in [5, 5.41) is 17.1. The topological polar surface area (TPSA) is 98.3 Å². The van der Waals surface area contributed by atoms with Crippen LogP contribution < -0.4 is 25.7 Å². The quantitative estimate of drug-likeness (QED) is 0.372. The molecule has 0 aliphatic carbocycles. The number of halogens is 1. The lowest BCUT2D eigenvalue weighted by Crippen LogP contribution is -2.52. The molecule has 6 rings (SSSR count). The molecule has 0 radical (unpaired) electrons. The molecular weight excluding hydrogens is 529 g/mol. The number of anilines is 5. The summed E-state index contributed by atoms with van der Waals surface area (Å²) in [4.78, 5) is 16.5. The van der Waals surface area contributed by atoms with E-state index in [0.29, 0.717) is 46.3 Å². The monoisotopic (exact) mass is 563 g/mol.